The Morgan fingerprint density at radius 3 is 2.44 bits per heavy atom. The monoisotopic (exact) mass is 372 g/mol. The number of halogens is 1. The van der Waals surface area contributed by atoms with Gasteiger partial charge in [-0.3, -0.25) is 14.4 Å². The molecule has 0 aromatic heterocycles. The van der Waals surface area contributed by atoms with Gasteiger partial charge in [0.1, 0.15) is 5.82 Å². The van der Waals surface area contributed by atoms with E-state index in [0.717, 1.165) is 5.56 Å². The first-order chi connectivity index (χ1) is 12.9. The number of anilines is 1. The quantitative estimate of drug-likeness (QED) is 0.590. The summed E-state index contributed by atoms with van der Waals surface area (Å²) >= 11 is 0. The Kier molecular flexibility index (Phi) is 7.49. The van der Waals surface area contributed by atoms with Crippen molar-refractivity contribution in [2.45, 2.75) is 25.7 Å². The lowest BCUT2D eigenvalue weighted by molar-refractivity contribution is -0.137. The average Bonchev–Trinajstić information content (AvgIpc) is 2.64. The van der Waals surface area contributed by atoms with E-state index in [-0.39, 0.29) is 24.7 Å². The normalized spacial score (nSPS) is 10.3. The van der Waals surface area contributed by atoms with E-state index in [1.54, 1.807) is 18.2 Å². The number of carbonyl (C=O) groups is 3. The minimum absolute atomic E-state index is 0.0329. The molecule has 0 aliphatic carbocycles. The maximum atomic E-state index is 12.8. The van der Waals surface area contributed by atoms with Gasteiger partial charge in [0.05, 0.1) is 0 Å². The van der Waals surface area contributed by atoms with Gasteiger partial charge in [0.25, 0.3) is 5.91 Å². The molecule has 27 heavy (non-hydrogen) atoms. The van der Waals surface area contributed by atoms with Crippen LogP contribution in [-0.4, -0.2) is 29.4 Å². The van der Waals surface area contributed by atoms with Crippen molar-refractivity contribution in [2.75, 3.05) is 11.9 Å². The molecule has 0 bridgehead atoms. The summed E-state index contributed by atoms with van der Waals surface area (Å²) in [4.78, 5) is 34.5. The van der Waals surface area contributed by atoms with Crippen molar-refractivity contribution in [1.82, 2.24) is 5.32 Å². The average molecular weight is 372 g/mol. The molecule has 142 valence electrons. The Hall–Kier alpha value is -3.22. The molecule has 0 saturated heterocycles. The third kappa shape index (κ3) is 7.27. The smallest absolute Gasteiger partial charge is 0.303 e. The Balaban J connectivity index is 1.71. The largest absolute Gasteiger partial charge is 0.481 e. The fourth-order valence-corrected chi connectivity index (χ4v) is 2.43. The van der Waals surface area contributed by atoms with Gasteiger partial charge >= 0.3 is 5.97 Å². The molecule has 0 unspecified atom stereocenters. The van der Waals surface area contributed by atoms with Crippen molar-refractivity contribution in [3.8, 4) is 0 Å². The number of amides is 2. The molecule has 0 aliphatic heterocycles. The minimum atomic E-state index is -0.868. The van der Waals surface area contributed by atoms with Crippen LogP contribution in [0.3, 0.4) is 0 Å². The van der Waals surface area contributed by atoms with Crippen LogP contribution in [0, 0.1) is 5.82 Å². The standard InChI is InChI=1S/C20H21FN2O4/c21-16-9-7-15(8-10-16)20(27)22-12-2-5-18(24)23-17-4-1-3-14(13-17)6-11-19(25)26/h1,3-4,7-10,13H,2,5-6,11-12H2,(H,22,27)(H,23,24)(H,25,26). The first-order valence-electron chi connectivity index (χ1n) is 8.58. The third-order valence-corrected chi connectivity index (χ3v) is 3.81. The van der Waals surface area contributed by atoms with Gasteiger partial charge in [-0.25, -0.2) is 4.39 Å². The van der Waals surface area contributed by atoms with E-state index in [4.69, 9.17) is 5.11 Å². The predicted octanol–water partition coefficient (Wildman–Crippen LogP) is 2.99. The van der Waals surface area contributed by atoms with Gasteiger partial charge in [0.2, 0.25) is 5.91 Å². The van der Waals surface area contributed by atoms with Crippen LogP contribution in [0.2, 0.25) is 0 Å². The van der Waals surface area contributed by atoms with E-state index in [9.17, 15) is 18.8 Å². The van der Waals surface area contributed by atoms with Crippen molar-refractivity contribution < 1.29 is 23.9 Å². The van der Waals surface area contributed by atoms with Crippen LogP contribution in [0.15, 0.2) is 48.5 Å². The number of hydrogen-bond donors (Lipinski definition) is 3. The summed E-state index contributed by atoms with van der Waals surface area (Å²) in [6.07, 6.45) is 1.11. The number of carboxylic acids is 1. The van der Waals surface area contributed by atoms with Crippen molar-refractivity contribution in [2.24, 2.45) is 0 Å². The summed E-state index contributed by atoms with van der Waals surface area (Å²) < 4.78 is 12.8. The molecule has 0 heterocycles. The van der Waals surface area contributed by atoms with Crippen molar-refractivity contribution in [3.63, 3.8) is 0 Å². The van der Waals surface area contributed by atoms with E-state index >= 15 is 0 Å². The van der Waals surface area contributed by atoms with Crippen LogP contribution in [0.4, 0.5) is 10.1 Å². The maximum Gasteiger partial charge on any atom is 0.303 e. The summed E-state index contributed by atoms with van der Waals surface area (Å²) in [7, 11) is 0. The zero-order valence-corrected chi connectivity index (χ0v) is 14.7. The Morgan fingerprint density at radius 1 is 1.00 bits per heavy atom. The number of aliphatic carboxylic acids is 1. The van der Waals surface area contributed by atoms with Crippen LogP contribution in [0.1, 0.15) is 35.2 Å². The van der Waals surface area contributed by atoms with Crippen molar-refractivity contribution in [3.05, 3.63) is 65.5 Å². The number of carbonyl (C=O) groups excluding carboxylic acids is 2. The van der Waals surface area contributed by atoms with E-state index in [2.05, 4.69) is 10.6 Å². The zero-order chi connectivity index (χ0) is 19.6. The highest BCUT2D eigenvalue weighted by molar-refractivity contribution is 5.94. The second kappa shape index (κ2) is 10.1. The Morgan fingerprint density at radius 2 is 1.74 bits per heavy atom. The molecule has 2 aromatic rings. The van der Waals surface area contributed by atoms with E-state index in [0.29, 0.717) is 30.6 Å². The van der Waals surface area contributed by atoms with Crippen LogP contribution < -0.4 is 10.6 Å². The highest BCUT2D eigenvalue weighted by Crippen LogP contribution is 2.13. The second-order valence-corrected chi connectivity index (χ2v) is 6.01. The topological polar surface area (TPSA) is 95.5 Å². The Bertz CT molecular complexity index is 806. The number of rotatable bonds is 9. The van der Waals surface area contributed by atoms with Crippen LogP contribution >= 0.6 is 0 Å². The van der Waals surface area contributed by atoms with E-state index < -0.39 is 11.8 Å². The van der Waals surface area contributed by atoms with Gasteiger partial charge in [0, 0.05) is 30.6 Å². The number of nitrogens with one attached hydrogen (secondary N) is 2. The molecule has 0 radical (unpaired) electrons. The highest BCUT2D eigenvalue weighted by atomic mass is 19.1. The molecular formula is C20H21FN2O4. The predicted molar refractivity (Wildman–Crippen MR) is 99.0 cm³/mol. The number of carboxylic acid groups (broad SMARTS) is 1. The summed E-state index contributed by atoms with van der Waals surface area (Å²) in [6, 6.07) is 12.3. The van der Waals surface area contributed by atoms with Crippen molar-refractivity contribution in [1.29, 1.82) is 0 Å². The number of benzene rings is 2. The first kappa shape index (κ1) is 20.1. The molecule has 0 saturated carbocycles. The summed E-state index contributed by atoms with van der Waals surface area (Å²) in [5, 5.41) is 14.1. The molecule has 3 N–H and O–H groups in total. The molecule has 6 nitrogen and oxygen atoms in total. The lowest BCUT2D eigenvalue weighted by Gasteiger charge is -2.08. The fraction of sp³-hybridized carbons (Fsp3) is 0.250. The summed E-state index contributed by atoms with van der Waals surface area (Å²) in [5.74, 6) is -1.79. The molecule has 2 aromatic carbocycles. The van der Waals surface area contributed by atoms with Gasteiger partial charge in [-0.1, -0.05) is 12.1 Å². The Labute approximate surface area is 156 Å². The lowest BCUT2D eigenvalue weighted by Crippen LogP contribution is -2.25. The molecule has 0 fully saturated rings. The van der Waals surface area contributed by atoms with E-state index in [1.165, 1.54) is 24.3 Å². The third-order valence-electron chi connectivity index (χ3n) is 3.81. The van der Waals surface area contributed by atoms with Crippen LogP contribution in [0.5, 0.6) is 0 Å². The molecular weight excluding hydrogens is 351 g/mol. The van der Waals surface area contributed by atoms with Gasteiger partial charge in [-0.05, 0) is 54.8 Å². The van der Waals surface area contributed by atoms with Gasteiger partial charge < -0.3 is 15.7 Å². The second-order valence-electron chi connectivity index (χ2n) is 6.01. The minimum Gasteiger partial charge on any atom is -0.481 e. The number of aryl methyl sites for hydroxylation is 1. The lowest BCUT2D eigenvalue weighted by atomic mass is 10.1. The van der Waals surface area contributed by atoms with E-state index in [1.807, 2.05) is 6.07 Å². The summed E-state index contributed by atoms with van der Waals surface area (Å²) in [6.45, 7) is 0.322. The zero-order valence-electron chi connectivity index (χ0n) is 14.7. The van der Waals surface area contributed by atoms with Gasteiger partial charge in [-0.2, -0.15) is 0 Å². The first-order valence-corrected chi connectivity index (χ1v) is 8.58. The van der Waals surface area contributed by atoms with Crippen LogP contribution in [0.25, 0.3) is 0 Å². The molecule has 2 amide bonds. The molecule has 0 atom stereocenters. The van der Waals surface area contributed by atoms with Gasteiger partial charge in [-0.15, -0.1) is 0 Å². The molecule has 7 heteroatoms. The number of hydrogen-bond acceptors (Lipinski definition) is 3. The SMILES string of the molecule is O=C(O)CCc1cccc(NC(=O)CCCNC(=O)c2ccc(F)cc2)c1. The highest BCUT2D eigenvalue weighted by Gasteiger charge is 2.07. The summed E-state index contributed by atoms with van der Waals surface area (Å²) in [5.41, 5.74) is 1.80. The van der Waals surface area contributed by atoms with Crippen molar-refractivity contribution >= 4 is 23.5 Å². The fourth-order valence-electron chi connectivity index (χ4n) is 2.43. The van der Waals surface area contributed by atoms with Crippen LogP contribution in [-0.2, 0) is 16.0 Å². The molecule has 0 spiro atoms. The molecule has 0 aliphatic rings. The maximum absolute atomic E-state index is 12.8. The van der Waals surface area contributed by atoms with Gasteiger partial charge in [0.15, 0.2) is 0 Å². The molecule has 2 rings (SSSR count).